The zero-order valence-corrected chi connectivity index (χ0v) is 17.8. The smallest absolute Gasteiger partial charge is 0.321 e. The van der Waals surface area contributed by atoms with Crippen molar-refractivity contribution in [2.75, 3.05) is 13.6 Å². The molecule has 0 bridgehead atoms. The first-order chi connectivity index (χ1) is 14.2. The maximum absolute atomic E-state index is 13.0. The number of nitrogens with zero attached hydrogens (tertiary/aromatic N) is 3. The lowest BCUT2D eigenvalue weighted by Gasteiger charge is -2.16. The molecular weight excluding hydrogens is 433 g/mol. The Hall–Kier alpha value is -2.75. The average molecular weight is 452 g/mol. The lowest BCUT2D eigenvalue weighted by Crippen LogP contribution is -2.33. The van der Waals surface area contributed by atoms with E-state index in [1.165, 1.54) is 11.7 Å². The van der Waals surface area contributed by atoms with Crippen LogP contribution in [0.3, 0.4) is 0 Å². The summed E-state index contributed by atoms with van der Waals surface area (Å²) in [5.74, 6) is -1.31. The number of benzene rings is 2. The molecule has 0 fully saturated rings. The number of aryl methyl sites for hydroxylation is 1. The predicted molar refractivity (Wildman–Crippen MR) is 109 cm³/mol. The topological polar surface area (TPSA) is 81.5 Å². The number of halogens is 2. The fraction of sp³-hybridized carbons (Fsp3) is 0.200. The van der Waals surface area contributed by atoms with E-state index < -0.39 is 28.4 Å². The molecule has 0 radical (unpaired) electrons. The van der Waals surface area contributed by atoms with Crippen LogP contribution in [-0.4, -0.2) is 42.1 Å². The minimum Gasteiger partial charge on any atom is -0.460 e. The summed E-state index contributed by atoms with van der Waals surface area (Å²) in [6.07, 6.45) is 0. The Morgan fingerprint density at radius 1 is 1.17 bits per heavy atom. The fourth-order valence-electron chi connectivity index (χ4n) is 2.69. The SMILES string of the molecule is Cc1nn(-c2ccccc2)c(Cl)c1COC(=O)CN(C)S(=O)(=O)c1ccc(F)cc1. The van der Waals surface area contributed by atoms with Crippen LogP contribution in [0.1, 0.15) is 11.3 Å². The van der Waals surface area contributed by atoms with Gasteiger partial charge in [-0.25, -0.2) is 17.5 Å². The molecule has 10 heteroatoms. The van der Waals surface area contributed by atoms with Crippen molar-refractivity contribution >= 4 is 27.6 Å². The third-order valence-electron chi connectivity index (χ3n) is 4.37. The summed E-state index contributed by atoms with van der Waals surface area (Å²) in [5.41, 5.74) is 1.87. The van der Waals surface area contributed by atoms with Crippen LogP contribution in [0.25, 0.3) is 5.69 Å². The van der Waals surface area contributed by atoms with Gasteiger partial charge in [0, 0.05) is 12.6 Å². The number of hydrogen-bond donors (Lipinski definition) is 0. The second-order valence-electron chi connectivity index (χ2n) is 6.48. The first-order valence-electron chi connectivity index (χ1n) is 8.87. The van der Waals surface area contributed by atoms with Gasteiger partial charge in [0.15, 0.2) is 0 Å². The van der Waals surface area contributed by atoms with Crippen LogP contribution in [0, 0.1) is 12.7 Å². The quantitative estimate of drug-likeness (QED) is 0.514. The Kier molecular flexibility index (Phi) is 6.55. The molecule has 0 amide bonds. The van der Waals surface area contributed by atoms with Gasteiger partial charge in [0.05, 0.1) is 16.3 Å². The van der Waals surface area contributed by atoms with E-state index in [1.807, 2.05) is 30.3 Å². The average Bonchev–Trinajstić information content (AvgIpc) is 3.01. The molecule has 0 N–H and O–H groups in total. The standard InChI is InChI=1S/C20H19ClFN3O4S/c1-14-18(20(21)25(23-14)16-6-4-3-5-7-16)13-29-19(26)12-24(2)30(27,28)17-10-8-15(22)9-11-17/h3-11H,12-13H2,1-2H3. The molecule has 0 atom stereocenters. The Morgan fingerprint density at radius 2 is 1.80 bits per heavy atom. The number of likely N-dealkylation sites (N-methyl/N-ethyl adjacent to an activating group) is 1. The third kappa shape index (κ3) is 4.69. The molecule has 158 valence electrons. The van der Waals surface area contributed by atoms with Crippen molar-refractivity contribution in [1.82, 2.24) is 14.1 Å². The molecular formula is C20H19ClFN3O4S. The van der Waals surface area contributed by atoms with E-state index in [-0.39, 0.29) is 11.5 Å². The van der Waals surface area contributed by atoms with E-state index in [9.17, 15) is 17.6 Å². The maximum atomic E-state index is 13.0. The Morgan fingerprint density at radius 3 is 2.43 bits per heavy atom. The molecule has 0 unspecified atom stereocenters. The van der Waals surface area contributed by atoms with E-state index in [1.54, 1.807) is 6.92 Å². The predicted octanol–water partition coefficient (Wildman–Crippen LogP) is 3.34. The molecule has 0 spiro atoms. The van der Waals surface area contributed by atoms with Gasteiger partial charge in [0.1, 0.15) is 24.1 Å². The van der Waals surface area contributed by atoms with Crippen LogP contribution in [-0.2, 0) is 26.2 Å². The molecule has 1 heterocycles. The second kappa shape index (κ2) is 8.95. The summed E-state index contributed by atoms with van der Waals surface area (Å²) in [4.78, 5) is 12.1. The van der Waals surface area contributed by atoms with Crippen LogP contribution >= 0.6 is 11.6 Å². The Bertz CT molecular complexity index is 1150. The van der Waals surface area contributed by atoms with Crippen molar-refractivity contribution in [1.29, 1.82) is 0 Å². The van der Waals surface area contributed by atoms with Gasteiger partial charge in [-0.3, -0.25) is 4.79 Å². The van der Waals surface area contributed by atoms with Gasteiger partial charge in [-0.15, -0.1) is 0 Å². The van der Waals surface area contributed by atoms with Crippen LogP contribution < -0.4 is 0 Å². The van der Waals surface area contributed by atoms with Gasteiger partial charge >= 0.3 is 5.97 Å². The molecule has 3 rings (SSSR count). The summed E-state index contributed by atoms with van der Waals surface area (Å²) in [6, 6.07) is 13.6. The number of esters is 1. The fourth-order valence-corrected chi connectivity index (χ4v) is 4.13. The number of carbonyl (C=O) groups excluding carboxylic acids is 1. The normalized spacial score (nSPS) is 11.6. The van der Waals surface area contributed by atoms with Crippen LogP contribution in [0.5, 0.6) is 0 Å². The van der Waals surface area contributed by atoms with Gasteiger partial charge in [-0.05, 0) is 43.3 Å². The number of aromatic nitrogens is 2. The number of carbonyl (C=O) groups is 1. The maximum Gasteiger partial charge on any atom is 0.321 e. The van der Waals surface area contributed by atoms with Crippen LogP contribution in [0.4, 0.5) is 4.39 Å². The van der Waals surface area contributed by atoms with E-state index in [0.717, 1.165) is 34.3 Å². The summed E-state index contributed by atoms with van der Waals surface area (Å²) in [6.45, 7) is 1.07. The molecule has 2 aromatic carbocycles. The Balaban J connectivity index is 1.66. The molecule has 0 aliphatic carbocycles. The number of hydrogen-bond acceptors (Lipinski definition) is 5. The summed E-state index contributed by atoms with van der Waals surface area (Å²) in [5, 5.41) is 4.67. The van der Waals surface area contributed by atoms with Gasteiger partial charge in [-0.2, -0.15) is 9.40 Å². The minimum atomic E-state index is -3.96. The lowest BCUT2D eigenvalue weighted by molar-refractivity contribution is -0.144. The van der Waals surface area contributed by atoms with Crippen molar-refractivity contribution in [2.24, 2.45) is 0 Å². The molecule has 1 aromatic heterocycles. The molecule has 7 nitrogen and oxygen atoms in total. The van der Waals surface area contributed by atoms with Crippen molar-refractivity contribution in [3.63, 3.8) is 0 Å². The number of rotatable bonds is 7. The van der Waals surface area contributed by atoms with Crippen LogP contribution in [0.2, 0.25) is 5.15 Å². The number of para-hydroxylation sites is 1. The van der Waals surface area contributed by atoms with E-state index in [4.69, 9.17) is 16.3 Å². The highest BCUT2D eigenvalue weighted by Crippen LogP contribution is 2.24. The van der Waals surface area contributed by atoms with Crippen molar-refractivity contribution in [3.05, 3.63) is 76.8 Å². The molecule has 0 saturated carbocycles. The summed E-state index contributed by atoms with van der Waals surface area (Å²) >= 11 is 6.39. The highest BCUT2D eigenvalue weighted by atomic mass is 35.5. The minimum absolute atomic E-state index is 0.123. The molecule has 0 aliphatic heterocycles. The molecule has 3 aromatic rings. The van der Waals surface area contributed by atoms with E-state index in [2.05, 4.69) is 5.10 Å². The third-order valence-corrected chi connectivity index (χ3v) is 6.58. The van der Waals surface area contributed by atoms with Crippen molar-refractivity contribution in [3.8, 4) is 5.69 Å². The highest BCUT2D eigenvalue weighted by molar-refractivity contribution is 7.89. The first-order valence-corrected chi connectivity index (χ1v) is 10.7. The van der Waals surface area contributed by atoms with Gasteiger partial charge in [0.2, 0.25) is 10.0 Å². The zero-order valence-electron chi connectivity index (χ0n) is 16.2. The first kappa shape index (κ1) is 21.9. The number of sulfonamides is 1. The second-order valence-corrected chi connectivity index (χ2v) is 8.88. The van der Waals surface area contributed by atoms with Gasteiger partial charge in [-0.1, -0.05) is 29.8 Å². The monoisotopic (exact) mass is 451 g/mol. The van der Waals surface area contributed by atoms with Gasteiger partial charge in [0.25, 0.3) is 0 Å². The summed E-state index contributed by atoms with van der Waals surface area (Å²) in [7, 11) is -2.72. The molecule has 0 saturated heterocycles. The van der Waals surface area contributed by atoms with Crippen molar-refractivity contribution < 1.29 is 22.3 Å². The van der Waals surface area contributed by atoms with Crippen LogP contribution in [0.15, 0.2) is 59.5 Å². The lowest BCUT2D eigenvalue weighted by atomic mass is 10.3. The Labute approximate surface area is 178 Å². The highest BCUT2D eigenvalue weighted by Gasteiger charge is 2.24. The zero-order chi connectivity index (χ0) is 21.9. The van der Waals surface area contributed by atoms with Crippen molar-refractivity contribution in [2.45, 2.75) is 18.4 Å². The number of ether oxygens (including phenoxy) is 1. The van der Waals surface area contributed by atoms with E-state index >= 15 is 0 Å². The molecule has 0 aliphatic rings. The largest absolute Gasteiger partial charge is 0.460 e. The van der Waals surface area contributed by atoms with Gasteiger partial charge < -0.3 is 4.74 Å². The van der Waals surface area contributed by atoms with E-state index in [0.29, 0.717) is 16.4 Å². The molecule has 30 heavy (non-hydrogen) atoms. The summed E-state index contributed by atoms with van der Waals surface area (Å²) < 4.78 is 45.6.